The predicted molar refractivity (Wildman–Crippen MR) is 138 cm³/mol. The number of benzene rings is 3. The molecule has 0 aliphatic carbocycles. The molecule has 3 aromatic carbocycles. The summed E-state index contributed by atoms with van der Waals surface area (Å²) < 4.78 is 12.7. The van der Waals surface area contributed by atoms with Crippen LogP contribution in [0.3, 0.4) is 0 Å². The summed E-state index contributed by atoms with van der Waals surface area (Å²) in [5.74, 6) is 2.44. The molecule has 0 bridgehead atoms. The lowest BCUT2D eigenvalue weighted by molar-refractivity contribution is 0.0935. The molecule has 1 atom stereocenters. The van der Waals surface area contributed by atoms with E-state index in [4.69, 9.17) is 9.47 Å². The average molecular weight is 489 g/mol. The third-order valence-corrected chi connectivity index (χ3v) is 6.54. The third kappa shape index (κ3) is 5.66. The van der Waals surface area contributed by atoms with Crippen LogP contribution in [0, 0.1) is 6.92 Å². The second-order valence-electron chi connectivity index (χ2n) is 8.05. The van der Waals surface area contributed by atoms with Gasteiger partial charge in [-0.1, -0.05) is 53.7 Å². The van der Waals surface area contributed by atoms with Crippen LogP contribution in [0.5, 0.6) is 11.5 Å². The molecule has 0 aliphatic heterocycles. The van der Waals surface area contributed by atoms with Crippen molar-refractivity contribution < 1.29 is 14.3 Å². The Kier molecular flexibility index (Phi) is 7.72. The first kappa shape index (κ1) is 24.3. The highest BCUT2D eigenvalue weighted by molar-refractivity contribution is 7.98. The summed E-state index contributed by atoms with van der Waals surface area (Å²) in [6.07, 6.45) is 0. The lowest BCUT2D eigenvalue weighted by Gasteiger charge is -2.17. The van der Waals surface area contributed by atoms with Crippen LogP contribution < -0.4 is 14.8 Å². The molecule has 4 rings (SSSR count). The number of hydrogen-bond acceptors (Lipinski definition) is 6. The van der Waals surface area contributed by atoms with Gasteiger partial charge in [0.25, 0.3) is 5.91 Å². The van der Waals surface area contributed by atoms with Gasteiger partial charge >= 0.3 is 0 Å². The number of amides is 1. The maximum atomic E-state index is 13.0. The fraction of sp³-hybridized carbons (Fsp3) is 0.222. The molecule has 0 saturated heterocycles. The first-order chi connectivity index (χ1) is 17.0. The first-order valence-corrected chi connectivity index (χ1v) is 12.2. The molecule has 1 unspecified atom stereocenters. The van der Waals surface area contributed by atoms with Crippen LogP contribution in [-0.2, 0) is 5.75 Å². The van der Waals surface area contributed by atoms with E-state index in [2.05, 4.69) is 21.6 Å². The van der Waals surface area contributed by atoms with Gasteiger partial charge in [-0.05, 0) is 55.8 Å². The molecule has 1 aromatic heterocycles. The fourth-order valence-corrected chi connectivity index (χ4v) is 4.57. The number of methoxy groups -OCH3 is 2. The number of carbonyl (C=O) groups excluding carboxylic acids is 1. The molecule has 1 heterocycles. The van der Waals surface area contributed by atoms with Crippen molar-refractivity contribution in [1.82, 2.24) is 20.1 Å². The SMILES string of the molecule is COc1cccc(CSc2nnc(C(C)NC(=O)c3ccccc3OC)n2-c2ccc(C)cc2)c1. The highest BCUT2D eigenvalue weighted by atomic mass is 32.2. The first-order valence-electron chi connectivity index (χ1n) is 11.2. The van der Waals surface area contributed by atoms with Gasteiger partial charge in [-0.3, -0.25) is 9.36 Å². The molecular weight excluding hydrogens is 460 g/mol. The summed E-state index contributed by atoms with van der Waals surface area (Å²) in [4.78, 5) is 13.0. The molecule has 35 heavy (non-hydrogen) atoms. The second-order valence-corrected chi connectivity index (χ2v) is 8.99. The van der Waals surface area contributed by atoms with Crippen LogP contribution in [0.2, 0.25) is 0 Å². The minimum Gasteiger partial charge on any atom is -0.497 e. The fourth-order valence-electron chi connectivity index (χ4n) is 3.67. The van der Waals surface area contributed by atoms with Crippen molar-refractivity contribution in [3.63, 3.8) is 0 Å². The quantitative estimate of drug-likeness (QED) is 0.319. The van der Waals surface area contributed by atoms with Crippen LogP contribution >= 0.6 is 11.8 Å². The summed E-state index contributed by atoms with van der Waals surface area (Å²) in [7, 11) is 3.21. The topological polar surface area (TPSA) is 78.3 Å². The number of aromatic nitrogens is 3. The number of thioether (sulfide) groups is 1. The Morgan fingerprint density at radius 3 is 2.51 bits per heavy atom. The van der Waals surface area contributed by atoms with Gasteiger partial charge in [0.2, 0.25) is 0 Å². The zero-order chi connectivity index (χ0) is 24.8. The van der Waals surface area contributed by atoms with E-state index in [-0.39, 0.29) is 5.91 Å². The highest BCUT2D eigenvalue weighted by Crippen LogP contribution is 2.29. The van der Waals surface area contributed by atoms with E-state index in [0.29, 0.717) is 22.9 Å². The highest BCUT2D eigenvalue weighted by Gasteiger charge is 2.22. The number of nitrogens with zero attached hydrogens (tertiary/aromatic N) is 3. The summed E-state index contributed by atoms with van der Waals surface area (Å²) in [6.45, 7) is 3.95. The summed E-state index contributed by atoms with van der Waals surface area (Å²) >= 11 is 1.58. The zero-order valence-corrected chi connectivity index (χ0v) is 21.0. The molecule has 1 N–H and O–H groups in total. The lowest BCUT2D eigenvalue weighted by Crippen LogP contribution is -2.29. The van der Waals surface area contributed by atoms with Crippen molar-refractivity contribution in [2.45, 2.75) is 30.8 Å². The van der Waals surface area contributed by atoms with Crippen LogP contribution in [0.1, 0.15) is 40.3 Å². The van der Waals surface area contributed by atoms with Gasteiger partial charge in [-0.25, -0.2) is 0 Å². The van der Waals surface area contributed by atoms with Crippen LogP contribution in [0.4, 0.5) is 0 Å². The minimum absolute atomic E-state index is 0.237. The molecule has 4 aromatic rings. The second kappa shape index (κ2) is 11.1. The molecular formula is C27H28N4O3S. The van der Waals surface area contributed by atoms with Gasteiger partial charge in [0, 0.05) is 11.4 Å². The van der Waals surface area contributed by atoms with Crippen LogP contribution in [-0.4, -0.2) is 34.9 Å². The van der Waals surface area contributed by atoms with Gasteiger partial charge in [-0.2, -0.15) is 0 Å². The smallest absolute Gasteiger partial charge is 0.255 e. The molecule has 0 aliphatic rings. The molecule has 0 saturated carbocycles. The van der Waals surface area contributed by atoms with Crippen molar-refractivity contribution in [2.75, 3.05) is 14.2 Å². The number of para-hydroxylation sites is 1. The zero-order valence-electron chi connectivity index (χ0n) is 20.2. The predicted octanol–water partition coefficient (Wildman–Crippen LogP) is 5.38. The molecule has 0 fully saturated rings. The Morgan fingerprint density at radius 2 is 1.77 bits per heavy atom. The number of carbonyl (C=O) groups is 1. The van der Waals surface area contributed by atoms with E-state index in [9.17, 15) is 4.79 Å². The Hall–Kier alpha value is -3.78. The molecule has 0 spiro atoms. The number of ether oxygens (including phenoxy) is 2. The van der Waals surface area contributed by atoms with Gasteiger partial charge < -0.3 is 14.8 Å². The maximum Gasteiger partial charge on any atom is 0.255 e. The number of hydrogen-bond donors (Lipinski definition) is 1. The Bertz CT molecular complexity index is 1300. The maximum absolute atomic E-state index is 13.0. The summed E-state index contributed by atoms with van der Waals surface area (Å²) in [5, 5.41) is 12.7. The summed E-state index contributed by atoms with van der Waals surface area (Å²) in [6, 6.07) is 22.9. The van der Waals surface area contributed by atoms with E-state index in [0.717, 1.165) is 27.7 Å². The largest absolute Gasteiger partial charge is 0.497 e. The van der Waals surface area contributed by atoms with Gasteiger partial charge in [0.05, 0.1) is 25.8 Å². The van der Waals surface area contributed by atoms with E-state index >= 15 is 0 Å². The Labute approximate surface area is 209 Å². The van der Waals surface area contributed by atoms with E-state index < -0.39 is 6.04 Å². The molecule has 7 nitrogen and oxygen atoms in total. The molecule has 1 amide bonds. The van der Waals surface area contributed by atoms with Crippen LogP contribution in [0.25, 0.3) is 5.69 Å². The van der Waals surface area contributed by atoms with Crippen molar-refractivity contribution in [2.24, 2.45) is 0 Å². The van der Waals surface area contributed by atoms with Gasteiger partial charge in [0.1, 0.15) is 11.5 Å². The van der Waals surface area contributed by atoms with E-state index in [1.165, 1.54) is 0 Å². The van der Waals surface area contributed by atoms with Gasteiger partial charge in [-0.15, -0.1) is 10.2 Å². The summed E-state index contributed by atoms with van der Waals surface area (Å²) in [5.41, 5.74) is 3.68. The van der Waals surface area contributed by atoms with Gasteiger partial charge in [0.15, 0.2) is 11.0 Å². The number of aryl methyl sites for hydroxylation is 1. The van der Waals surface area contributed by atoms with E-state index in [1.807, 2.05) is 73.0 Å². The van der Waals surface area contributed by atoms with Crippen molar-refractivity contribution >= 4 is 17.7 Å². The molecule has 0 radical (unpaired) electrons. The lowest BCUT2D eigenvalue weighted by atomic mass is 10.1. The monoisotopic (exact) mass is 488 g/mol. The van der Waals surface area contributed by atoms with Crippen molar-refractivity contribution in [3.8, 4) is 17.2 Å². The minimum atomic E-state index is -0.396. The Balaban J connectivity index is 1.62. The average Bonchev–Trinajstić information content (AvgIpc) is 3.32. The third-order valence-electron chi connectivity index (χ3n) is 5.54. The Morgan fingerprint density at radius 1 is 1.00 bits per heavy atom. The van der Waals surface area contributed by atoms with Crippen LogP contribution in [0.15, 0.2) is 78.0 Å². The standard InChI is InChI=1S/C27H28N4O3S/c1-18-12-14-21(15-13-18)31-25(19(2)28-26(32)23-10-5-6-11-24(23)34-4)29-30-27(31)35-17-20-8-7-9-22(16-20)33-3/h5-16,19H,17H2,1-4H3,(H,28,32). The number of rotatable bonds is 9. The van der Waals surface area contributed by atoms with Crippen molar-refractivity contribution in [3.05, 3.63) is 95.3 Å². The van der Waals surface area contributed by atoms with E-state index in [1.54, 1.807) is 38.1 Å². The van der Waals surface area contributed by atoms with Crippen molar-refractivity contribution in [1.29, 1.82) is 0 Å². The number of nitrogens with one attached hydrogen (secondary N) is 1. The molecule has 180 valence electrons. The normalized spacial score (nSPS) is 11.7. The molecule has 8 heteroatoms.